The van der Waals surface area contributed by atoms with Gasteiger partial charge < -0.3 is 14.6 Å². The molecule has 2 amide bonds. The number of allylic oxidation sites excluding steroid dienone is 2. The highest BCUT2D eigenvalue weighted by molar-refractivity contribution is 6.36. The van der Waals surface area contributed by atoms with Crippen molar-refractivity contribution in [3.8, 4) is 22.9 Å². The molecular weight excluding hydrogens is 709 g/mol. The van der Waals surface area contributed by atoms with Crippen molar-refractivity contribution in [3.05, 3.63) is 145 Å². The van der Waals surface area contributed by atoms with Crippen LogP contribution in [0.2, 0.25) is 10.0 Å². The minimum Gasteiger partial charge on any atom is -0.508 e. The van der Waals surface area contributed by atoms with Crippen LogP contribution < -0.4 is 26.3 Å². The number of hydrogen-bond donors (Lipinski definition) is 2. The Bertz CT molecular complexity index is 2420. The third-order valence-corrected chi connectivity index (χ3v) is 11.0. The highest BCUT2D eigenvalue weighted by Gasteiger charge is 2.69. The number of imide groups is 1. The van der Waals surface area contributed by atoms with Gasteiger partial charge in [0.1, 0.15) is 17.2 Å². The predicted octanol–water partition coefficient (Wildman–Crippen LogP) is 5.45. The van der Waals surface area contributed by atoms with Crippen molar-refractivity contribution in [1.82, 2.24) is 18.9 Å². The molecule has 0 radical (unpaired) electrons. The van der Waals surface area contributed by atoms with Crippen molar-refractivity contribution in [2.75, 3.05) is 19.6 Å². The molecule has 4 unspecified atom stereocenters. The monoisotopic (exact) mass is 739 g/mol. The predicted molar refractivity (Wildman–Crippen MR) is 194 cm³/mol. The van der Waals surface area contributed by atoms with Gasteiger partial charge in [0, 0.05) is 16.5 Å². The zero-order valence-electron chi connectivity index (χ0n) is 27.8. The number of anilines is 1. The van der Waals surface area contributed by atoms with Gasteiger partial charge in [0.15, 0.2) is 0 Å². The standard InChI is InChI=1S/C38H31Cl2N5O7/c1-51-24-14-11-21(12-15-24)38-26(34(47)44(35(38)48)41-28-16-13-22(39)19-27(28)40)20-29-25(33(38)32-30(46)9-6-10-31(32)52-2)17-18-42-36(49)43(37(50)45(29)42)23-7-4-3-5-8-23/h3-17,19,26,29,33,41,46H,18,20H2,1-2H3. The molecular formula is C38H31Cl2N5O7. The van der Waals surface area contributed by atoms with E-state index in [2.05, 4.69) is 5.43 Å². The molecule has 52 heavy (non-hydrogen) atoms. The lowest BCUT2D eigenvalue weighted by Gasteiger charge is -2.49. The fourth-order valence-corrected chi connectivity index (χ4v) is 8.67. The van der Waals surface area contributed by atoms with Crippen LogP contribution in [-0.2, 0) is 21.5 Å². The van der Waals surface area contributed by atoms with Crippen molar-refractivity contribution >= 4 is 40.7 Å². The van der Waals surface area contributed by atoms with Gasteiger partial charge in [-0.05, 0) is 72.2 Å². The lowest BCUT2D eigenvalue weighted by atomic mass is 9.53. The number of nitrogens with zero attached hydrogens (tertiary/aromatic N) is 4. The molecule has 1 aromatic heterocycles. The van der Waals surface area contributed by atoms with E-state index in [1.54, 1.807) is 78.9 Å². The van der Waals surface area contributed by atoms with E-state index in [4.69, 9.17) is 32.7 Å². The Kier molecular flexibility index (Phi) is 8.03. The molecule has 8 rings (SSSR count). The second-order valence-electron chi connectivity index (χ2n) is 12.8. The van der Waals surface area contributed by atoms with E-state index in [1.807, 2.05) is 6.08 Å². The minimum absolute atomic E-state index is 0.0139. The number of fused-ring (bicyclic) bond motifs is 4. The number of rotatable bonds is 7. The number of phenolic OH excluding ortho intramolecular Hbond substituents is 1. The largest absolute Gasteiger partial charge is 0.508 e. The van der Waals surface area contributed by atoms with Crippen LogP contribution in [-0.4, -0.2) is 50.1 Å². The zero-order valence-corrected chi connectivity index (χ0v) is 29.3. The van der Waals surface area contributed by atoms with Crippen LogP contribution >= 0.6 is 23.2 Å². The maximum absolute atomic E-state index is 15.4. The molecule has 3 aliphatic rings. The lowest BCUT2D eigenvalue weighted by Crippen LogP contribution is -2.53. The molecule has 5 aromatic rings. The summed E-state index contributed by atoms with van der Waals surface area (Å²) in [6.07, 6.45) is 1.77. The van der Waals surface area contributed by atoms with E-state index in [-0.39, 0.29) is 40.7 Å². The van der Waals surface area contributed by atoms with Crippen molar-refractivity contribution < 1.29 is 24.2 Å². The Balaban J connectivity index is 1.41. The normalized spacial score (nSPS) is 22.0. The quantitative estimate of drug-likeness (QED) is 0.166. The van der Waals surface area contributed by atoms with E-state index < -0.39 is 46.5 Å². The molecule has 264 valence electrons. The van der Waals surface area contributed by atoms with E-state index in [0.717, 1.165) is 9.58 Å². The van der Waals surface area contributed by atoms with Crippen LogP contribution in [0.15, 0.2) is 112 Å². The van der Waals surface area contributed by atoms with Gasteiger partial charge in [0.2, 0.25) is 0 Å². The number of aromatic nitrogens is 3. The van der Waals surface area contributed by atoms with Gasteiger partial charge in [-0.1, -0.05) is 65.7 Å². The molecule has 0 spiro atoms. The van der Waals surface area contributed by atoms with Gasteiger partial charge in [-0.15, -0.1) is 0 Å². The number of para-hydroxylation sites is 1. The second kappa shape index (κ2) is 12.5. The number of hydrazine groups is 1. The summed E-state index contributed by atoms with van der Waals surface area (Å²) >= 11 is 12.7. The number of hydrogen-bond acceptors (Lipinski definition) is 8. The number of carbonyl (C=O) groups excluding carboxylic acids is 2. The third kappa shape index (κ3) is 4.74. The number of benzene rings is 4. The van der Waals surface area contributed by atoms with Gasteiger partial charge in [0.05, 0.1) is 54.5 Å². The highest BCUT2D eigenvalue weighted by Crippen LogP contribution is 2.64. The summed E-state index contributed by atoms with van der Waals surface area (Å²) in [6, 6.07) is 24.0. The van der Waals surface area contributed by atoms with Crippen LogP contribution in [0, 0.1) is 5.92 Å². The molecule has 4 atom stereocenters. The maximum atomic E-state index is 15.4. The van der Waals surface area contributed by atoms with E-state index in [9.17, 15) is 19.5 Å². The first-order valence-electron chi connectivity index (χ1n) is 16.4. The Morgan fingerprint density at radius 1 is 0.865 bits per heavy atom. The molecule has 3 heterocycles. The molecule has 12 nitrogen and oxygen atoms in total. The Hall–Kier alpha value is -5.72. The molecule has 1 aliphatic carbocycles. The number of ether oxygens (including phenoxy) is 2. The number of methoxy groups -OCH3 is 2. The van der Waals surface area contributed by atoms with Crippen molar-refractivity contribution in [2.24, 2.45) is 5.92 Å². The van der Waals surface area contributed by atoms with Crippen LogP contribution in [0.1, 0.15) is 29.5 Å². The number of phenols is 1. The summed E-state index contributed by atoms with van der Waals surface area (Å²) in [6.45, 7) is -0.0139. The summed E-state index contributed by atoms with van der Waals surface area (Å²) in [4.78, 5) is 58.5. The van der Waals surface area contributed by atoms with Crippen LogP contribution in [0.3, 0.4) is 0 Å². The summed E-state index contributed by atoms with van der Waals surface area (Å²) in [5.74, 6) is -2.80. The highest BCUT2D eigenvalue weighted by atomic mass is 35.5. The minimum atomic E-state index is -1.70. The number of nitrogens with one attached hydrogen (secondary N) is 1. The fraction of sp³-hybridized carbons (Fsp3) is 0.211. The van der Waals surface area contributed by atoms with Gasteiger partial charge in [-0.25, -0.2) is 23.5 Å². The van der Waals surface area contributed by atoms with E-state index in [0.29, 0.717) is 27.6 Å². The molecule has 4 aromatic carbocycles. The lowest BCUT2D eigenvalue weighted by molar-refractivity contribution is -0.138. The van der Waals surface area contributed by atoms with Crippen molar-refractivity contribution in [1.29, 1.82) is 0 Å². The summed E-state index contributed by atoms with van der Waals surface area (Å²) < 4.78 is 15.1. The molecule has 2 N–H and O–H groups in total. The molecule has 1 saturated heterocycles. The molecule has 2 aliphatic heterocycles. The summed E-state index contributed by atoms with van der Waals surface area (Å²) in [7, 11) is 2.97. The molecule has 1 saturated carbocycles. The average Bonchev–Trinajstić information content (AvgIpc) is 3.53. The van der Waals surface area contributed by atoms with Gasteiger partial charge in [-0.3, -0.25) is 15.0 Å². The van der Waals surface area contributed by atoms with Crippen LogP contribution in [0.5, 0.6) is 17.2 Å². The van der Waals surface area contributed by atoms with Crippen molar-refractivity contribution in [2.45, 2.75) is 30.3 Å². The number of carbonyl (C=O) groups is 2. The Morgan fingerprint density at radius 2 is 1.62 bits per heavy atom. The van der Waals surface area contributed by atoms with Gasteiger partial charge in [0.25, 0.3) is 11.8 Å². The van der Waals surface area contributed by atoms with Gasteiger partial charge >= 0.3 is 11.4 Å². The second-order valence-corrected chi connectivity index (χ2v) is 13.7. The van der Waals surface area contributed by atoms with Crippen LogP contribution in [0.4, 0.5) is 5.69 Å². The number of amides is 2. The SMILES string of the molecule is COc1ccc(C23C(=O)N(Nc4ccc(Cl)cc4Cl)C(=O)C2CC2C(=CCn4c(=O)n(-c5ccccc5)c(=O)n42)C3c2c(O)cccc2OC)cc1. The fourth-order valence-electron chi connectivity index (χ4n) is 8.22. The maximum Gasteiger partial charge on any atom is 0.352 e. The molecule has 14 heteroatoms. The summed E-state index contributed by atoms with van der Waals surface area (Å²) in [5, 5.41) is 13.2. The average molecular weight is 741 g/mol. The van der Waals surface area contributed by atoms with E-state index in [1.165, 1.54) is 35.7 Å². The third-order valence-electron chi connectivity index (χ3n) is 10.4. The number of aromatic hydroxyl groups is 1. The first kappa shape index (κ1) is 33.4. The molecule has 2 fully saturated rings. The summed E-state index contributed by atoms with van der Waals surface area (Å²) in [5.41, 5.74) is 2.02. The topological polar surface area (TPSA) is 137 Å². The smallest absolute Gasteiger partial charge is 0.352 e. The molecule has 0 bridgehead atoms. The Labute approximate surface area is 306 Å². The number of halogens is 2. The van der Waals surface area contributed by atoms with E-state index >= 15 is 4.79 Å². The Morgan fingerprint density at radius 3 is 2.31 bits per heavy atom. The zero-order chi connectivity index (χ0) is 36.5. The van der Waals surface area contributed by atoms with Crippen LogP contribution in [0.25, 0.3) is 5.69 Å². The first-order valence-corrected chi connectivity index (χ1v) is 17.2. The van der Waals surface area contributed by atoms with Crippen molar-refractivity contribution in [3.63, 3.8) is 0 Å². The first-order chi connectivity index (χ1) is 25.1. The van der Waals surface area contributed by atoms with Gasteiger partial charge in [-0.2, -0.15) is 5.01 Å².